The normalized spacial score (nSPS) is 20.4. The molecule has 2 rings (SSSR count). The van der Waals surface area contributed by atoms with Crippen LogP contribution in [0.2, 0.25) is 0 Å². The third-order valence-electron chi connectivity index (χ3n) is 3.80. The molecular formula is C15H20N2O4. The van der Waals surface area contributed by atoms with Crippen LogP contribution in [-0.4, -0.2) is 34.3 Å². The average Bonchev–Trinajstić information content (AvgIpc) is 2.98. The zero-order chi connectivity index (χ0) is 15.6. The summed E-state index contributed by atoms with van der Waals surface area (Å²) in [5, 5.41) is 23.7. The molecule has 0 spiro atoms. The van der Waals surface area contributed by atoms with E-state index in [4.69, 9.17) is 0 Å². The second-order valence-electron chi connectivity index (χ2n) is 6.12. The predicted octanol–water partition coefficient (Wildman–Crippen LogP) is 1.49. The number of phenolic OH excluding ortho intramolecular Hbond substituents is 1. The zero-order valence-corrected chi connectivity index (χ0v) is 12.1. The van der Waals surface area contributed by atoms with Gasteiger partial charge in [-0.3, -0.25) is 0 Å². The van der Waals surface area contributed by atoms with Crippen molar-refractivity contribution in [1.82, 2.24) is 10.6 Å². The molecule has 0 aromatic heterocycles. The number of rotatable bonds is 5. The maximum Gasteiger partial charge on any atom is 0.326 e. The molecule has 4 N–H and O–H groups in total. The number of nitrogens with one attached hydrogen (secondary N) is 2. The molecule has 0 saturated heterocycles. The Bertz CT molecular complexity index is 539. The Labute approximate surface area is 123 Å². The first kappa shape index (κ1) is 15.2. The Hall–Kier alpha value is -2.24. The van der Waals surface area contributed by atoms with E-state index in [1.54, 1.807) is 12.1 Å². The molecule has 0 bridgehead atoms. The standard InChI is InChI=1S/C15H20N2O4/c1-15(2)8-12(15)17-14(21)16-11(13(19)20)7-9-3-5-10(18)6-4-9/h3-6,11-12,18H,7-8H2,1-2H3,(H,19,20)(H2,16,17,21). The molecule has 0 heterocycles. The van der Waals surface area contributed by atoms with Gasteiger partial charge < -0.3 is 20.8 Å². The van der Waals surface area contributed by atoms with Crippen LogP contribution in [-0.2, 0) is 11.2 Å². The van der Waals surface area contributed by atoms with E-state index in [2.05, 4.69) is 10.6 Å². The molecule has 1 aromatic carbocycles. The van der Waals surface area contributed by atoms with E-state index < -0.39 is 18.0 Å². The highest BCUT2D eigenvalue weighted by atomic mass is 16.4. The lowest BCUT2D eigenvalue weighted by Gasteiger charge is -2.16. The fourth-order valence-electron chi connectivity index (χ4n) is 2.14. The van der Waals surface area contributed by atoms with Gasteiger partial charge in [-0.25, -0.2) is 9.59 Å². The van der Waals surface area contributed by atoms with Crippen LogP contribution in [0.3, 0.4) is 0 Å². The van der Waals surface area contributed by atoms with Crippen molar-refractivity contribution in [3.8, 4) is 5.75 Å². The maximum absolute atomic E-state index is 11.8. The molecule has 0 radical (unpaired) electrons. The van der Waals surface area contributed by atoms with Crippen molar-refractivity contribution in [2.75, 3.05) is 0 Å². The summed E-state index contributed by atoms with van der Waals surface area (Å²) >= 11 is 0. The molecular weight excluding hydrogens is 272 g/mol. The van der Waals surface area contributed by atoms with Gasteiger partial charge in [0.25, 0.3) is 0 Å². The van der Waals surface area contributed by atoms with E-state index in [1.807, 2.05) is 13.8 Å². The molecule has 6 heteroatoms. The second kappa shape index (κ2) is 5.63. The van der Waals surface area contributed by atoms with Crippen LogP contribution in [0.1, 0.15) is 25.8 Å². The van der Waals surface area contributed by atoms with Gasteiger partial charge in [-0.2, -0.15) is 0 Å². The quantitative estimate of drug-likeness (QED) is 0.660. The van der Waals surface area contributed by atoms with E-state index in [-0.39, 0.29) is 23.6 Å². The molecule has 21 heavy (non-hydrogen) atoms. The minimum Gasteiger partial charge on any atom is -0.508 e. The first-order valence-corrected chi connectivity index (χ1v) is 6.86. The van der Waals surface area contributed by atoms with Gasteiger partial charge in [-0.05, 0) is 29.5 Å². The van der Waals surface area contributed by atoms with Gasteiger partial charge in [0.2, 0.25) is 0 Å². The third kappa shape index (κ3) is 4.11. The summed E-state index contributed by atoms with van der Waals surface area (Å²) in [4.78, 5) is 23.1. The molecule has 6 nitrogen and oxygen atoms in total. The number of phenols is 1. The Kier molecular flexibility index (Phi) is 4.06. The number of carbonyl (C=O) groups is 2. The lowest BCUT2D eigenvalue weighted by molar-refractivity contribution is -0.139. The summed E-state index contributed by atoms with van der Waals surface area (Å²) in [5.41, 5.74) is 0.819. The van der Waals surface area contributed by atoms with Crippen LogP contribution in [0.4, 0.5) is 4.79 Å². The fourth-order valence-corrected chi connectivity index (χ4v) is 2.14. The number of aliphatic carboxylic acids is 1. The molecule has 114 valence electrons. The lowest BCUT2D eigenvalue weighted by atomic mass is 10.1. The molecule has 2 amide bonds. The molecule has 1 aliphatic rings. The van der Waals surface area contributed by atoms with Crippen molar-refractivity contribution in [2.45, 2.75) is 38.8 Å². The van der Waals surface area contributed by atoms with Gasteiger partial charge in [-0.1, -0.05) is 26.0 Å². The number of hydrogen-bond donors (Lipinski definition) is 4. The second-order valence-corrected chi connectivity index (χ2v) is 6.12. The number of carboxylic acid groups (broad SMARTS) is 1. The van der Waals surface area contributed by atoms with Crippen LogP contribution in [0.5, 0.6) is 5.75 Å². The number of carboxylic acids is 1. The smallest absolute Gasteiger partial charge is 0.326 e. The number of carbonyl (C=O) groups excluding carboxylic acids is 1. The first-order chi connectivity index (χ1) is 9.78. The van der Waals surface area contributed by atoms with Crippen molar-refractivity contribution < 1.29 is 19.8 Å². The van der Waals surface area contributed by atoms with Gasteiger partial charge >= 0.3 is 12.0 Å². The Balaban J connectivity index is 1.91. The lowest BCUT2D eigenvalue weighted by Crippen LogP contribution is -2.48. The Morgan fingerprint density at radius 3 is 2.38 bits per heavy atom. The highest BCUT2D eigenvalue weighted by molar-refractivity contribution is 5.83. The van der Waals surface area contributed by atoms with Gasteiger partial charge in [0.15, 0.2) is 0 Å². The molecule has 1 fully saturated rings. The Morgan fingerprint density at radius 2 is 1.90 bits per heavy atom. The predicted molar refractivity (Wildman–Crippen MR) is 77.1 cm³/mol. The summed E-state index contributed by atoms with van der Waals surface area (Å²) in [6, 6.07) is 4.87. The van der Waals surface area contributed by atoms with E-state index >= 15 is 0 Å². The monoisotopic (exact) mass is 292 g/mol. The topological polar surface area (TPSA) is 98.7 Å². The SMILES string of the molecule is CC1(C)CC1NC(=O)NC(Cc1ccc(O)cc1)C(=O)O. The highest BCUT2D eigenvalue weighted by Crippen LogP contribution is 2.44. The summed E-state index contributed by atoms with van der Waals surface area (Å²) in [7, 11) is 0. The van der Waals surface area contributed by atoms with E-state index in [0.29, 0.717) is 0 Å². The van der Waals surface area contributed by atoms with E-state index in [0.717, 1.165) is 12.0 Å². The number of aromatic hydroxyl groups is 1. The molecule has 1 saturated carbocycles. The minimum atomic E-state index is -1.09. The molecule has 1 aliphatic carbocycles. The average molecular weight is 292 g/mol. The summed E-state index contributed by atoms with van der Waals surface area (Å²) in [6.07, 6.45) is 1.06. The number of benzene rings is 1. The third-order valence-corrected chi connectivity index (χ3v) is 3.80. The first-order valence-electron chi connectivity index (χ1n) is 6.86. The van der Waals surface area contributed by atoms with Gasteiger partial charge in [0.05, 0.1) is 0 Å². The summed E-state index contributed by atoms with van der Waals surface area (Å²) in [6.45, 7) is 4.09. The van der Waals surface area contributed by atoms with Crippen molar-refractivity contribution in [1.29, 1.82) is 0 Å². The minimum absolute atomic E-state index is 0.0903. The van der Waals surface area contributed by atoms with Crippen molar-refractivity contribution >= 4 is 12.0 Å². The summed E-state index contributed by atoms with van der Waals surface area (Å²) < 4.78 is 0. The maximum atomic E-state index is 11.8. The van der Waals surface area contributed by atoms with Crippen molar-refractivity contribution in [3.05, 3.63) is 29.8 Å². The van der Waals surface area contributed by atoms with Crippen LogP contribution in [0, 0.1) is 5.41 Å². The largest absolute Gasteiger partial charge is 0.508 e. The molecule has 0 aliphatic heterocycles. The number of urea groups is 1. The highest BCUT2D eigenvalue weighted by Gasteiger charge is 2.46. The van der Waals surface area contributed by atoms with Crippen LogP contribution < -0.4 is 10.6 Å². The van der Waals surface area contributed by atoms with Crippen LogP contribution in [0.15, 0.2) is 24.3 Å². The van der Waals surface area contributed by atoms with Crippen LogP contribution >= 0.6 is 0 Å². The fraction of sp³-hybridized carbons (Fsp3) is 0.467. The molecule has 2 atom stereocenters. The van der Waals surface area contributed by atoms with Crippen LogP contribution in [0.25, 0.3) is 0 Å². The molecule has 1 aromatic rings. The van der Waals surface area contributed by atoms with E-state index in [9.17, 15) is 19.8 Å². The van der Waals surface area contributed by atoms with Gasteiger partial charge in [-0.15, -0.1) is 0 Å². The van der Waals surface area contributed by atoms with E-state index in [1.165, 1.54) is 12.1 Å². The number of hydrogen-bond acceptors (Lipinski definition) is 3. The number of amides is 2. The zero-order valence-electron chi connectivity index (χ0n) is 12.1. The van der Waals surface area contributed by atoms with Gasteiger partial charge in [0.1, 0.15) is 11.8 Å². The van der Waals surface area contributed by atoms with Crippen molar-refractivity contribution in [2.24, 2.45) is 5.41 Å². The van der Waals surface area contributed by atoms with Crippen molar-refractivity contribution in [3.63, 3.8) is 0 Å². The van der Waals surface area contributed by atoms with Gasteiger partial charge in [0, 0.05) is 12.5 Å². The summed E-state index contributed by atoms with van der Waals surface area (Å²) in [5.74, 6) is -0.972. The molecule has 2 unspecified atom stereocenters. The Morgan fingerprint density at radius 1 is 1.33 bits per heavy atom.